The van der Waals surface area contributed by atoms with Gasteiger partial charge in [-0.2, -0.15) is 0 Å². The third-order valence-electron chi connectivity index (χ3n) is 4.59. The molecule has 1 aromatic heterocycles. The fourth-order valence-corrected chi connectivity index (χ4v) is 3.06. The van der Waals surface area contributed by atoms with E-state index in [4.69, 9.17) is 0 Å². The van der Waals surface area contributed by atoms with E-state index in [1.807, 2.05) is 0 Å². The molecule has 0 saturated carbocycles. The molecule has 1 aromatic carbocycles. The maximum absolute atomic E-state index is 4.45. The summed E-state index contributed by atoms with van der Waals surface area (Å²) in [7, 11) is 0. The second-order valence-electron chi connectivity index (χ2n) is 6.20. The largest absolute Gasteiger partial charge is 0.370 e. The summed E-state index contributed by atoms with van der Waals surface area (Å²) >= 11 is 0. The SMILES string of the molecule is CCN1CCN(c2cc(NCCCc3ccccc3)ncn2)CC1. The van der Waals surface area contributed by atoms with Crippen LogP contribution in [0.15, 0.2) is 42.7 Å². The average molecular weight is 325 g/mol. The highest BCUT2D eigenvalue weighted by Crippen LogP contribution is 2.16. The number of nitrogens with one attached hydrogen (secondary N) is 1. The number of anilines is 2. The van der Waals surface area contributed by atoms with Gasteiger partial charge in [0, 0.05) is 38.8 Å². The third-order valence-corrected chi connectivity index (χ3v) is 4.59. The molecule has 1 fully saturated rings. The topological polar surface area (TPSA) is 44.3 Å². The highest BCUT2D eigenvalue weighted by atomic mass is 15.3. The molecule has 0 aliphatic carbocycles. The van der Waals surface area contributed by atoms with E-state index in [1.54, 1.807) is 6.33 Å². The van der Waals surface area contributed by atoms with Gasteiger partial charge in [0.15, 0.2) is 0 Å². The van der Waals surface area contributed by atoms with Gasteiger partial charge in [0.25, 0.3) is 0 Å². The minimum absolute atomic E-state index is 0.922. The summed E-state index contributed by atoms with van der Waals surface area (Å²) in [6, 6.07) is 12.7. The number of hydrogen-bond donors (Lipinski definition) is 1. The van der Waals surface area contributed by atoms with Gasteiger partial charge in [-0.25, -0.2) is 9.97 Å². The number of rotatable bonds is 7. The van der Waals surface area contributed by atoms with Gasteiger partial charge in [0.05, 0.1) is 0 Å². The Balaban J connectivity index is 1.47. The van der Waals surface area contributed by atoms with Crippen molar-refractivity contribution < 1.29 is 0 Å². The Bertz CT molecular complexity index is 608. The van der Waals surface area contributed by atoms with Crippen LogP contribution < -0.4 is 10.2 Å². The van der Waals surface area contributed by atoms with Crippen molar-refractivity contribution in [2.24, 2.45) is 0 Å². The van der Waals surface area contributed by atoms with Crippen LogP contribution in [-0.4, -0.2) is 54.1 Å². The molecule has 0 spiro atoms. The number of benzene rings is 1. The molecule has 1 aliphatic heterocycles. The normalized spacial score (nSPS) is 15.5. The van der Waals surface area contributed by atoms with Crippen molar-refractivity contribution in [1.82, 2.24) is 14.9 Å². The maximum atomic E-state index is 4.45. The van der Waals surface area contributed by atoms with E-state index in [9.17, 15) is 0 Å². The molecule has 0 bridgehead atoms. The molecule has 1 saturated heterocycles. The van der Waals surface area contributed by atoms with E-state index in [1.165, 1.54) is 5.56 Å². The molecule has 0 radical (unpaired) electrons. The molecule has 0 atom stereocenters. The Morgan fingerprint density at radius 3 is 2.58 bits per heavy atom. The van der Waals surface area contributed by atoms with Crippen LogP contribution in [0.3, 0.4) is 0 Å². The summed E-state index contributed by atoms with van der Waals surface area (Å²) in [6.45, 7) is 8.58. The monoisotopic (exact) mass is 325 g/mol. The van der Waals surface area contributed by atoms with Crippen molar-refractivity contribution in [2.45, 2.75) is 19.8 Å². The van der Waals surface area contributed by atoms with Gasteiger partial charge >= 0.3 is 0 Å². The van der Waals surface area contributed by atoms with E-state index in [-0.39, 0.29) is 0 Å². The zero-order chi connectivity index (χ0) is 16.6. The van der Waals surface area contributed by atoms with E-state index in [0.717, 1.165) is 63.7 Å². The van der Waals surface area contributed by atoms with Crippen molar-refractivity contribution in [2.75, 3.05) is 49.5 Å². The quantitative estimate of drug-likeness (QED) is 0.793. The summed E-state index contributed by atoms with van der Waals surface area (Å²) < 4.78 is 0. The van der Waals surface area contributed by atoms with Crippen LogP contribution >= 0.6 is 0 Å². The Morgan fingerprint density at radius 1 is 1.04 bits per heavy atom. The molecule has 5 heteroatoms. The first-order chi connectivity index (χ1) is 11.8. The second-order valence-corrected chi connectivity index (χ2v) is 6.20. The molecule has 2 heterocycles. The van der Waals surface area contributed by atoms with Crippen LogP contribution in [-0.2, 0) is 6.42 Å². The van der Waals surface area contributed by atoms with Crippen molar-refractivity contribution in [3.8, 4) is 0 Å². The van der Waals surface area contributed by atoms with Gasteiger partial charge in [-0.05, 0) is 24.9 Å². The molecule has 24 heavy (non-hydrogen) atoms. The summed E-state index contributed by atoms with van der Waals surface area (Å²) in [6.07, 6.45) is 3.85. The molecule has 0 unspecified atom stereocenters. The van der Waals surface area contributed by atoms with Gasteiger partial charge in [-0.15, -0.1) is 0 Å². The zero-order valence-electron chi connectivity index (χ0n) is 14.5. The van der Waals surface area contributed by atoms with Crippen molar-refractivity contribution in [1.29, 1.82) is 0 Å². The third kappa shape index (κ3) is 4.68. The fourth-order valence-electron chi connectivity index (χ4n) is 3.06. The maximum Gasteiger partial charge on any atom is 0.134 e. The highest BCUT2D eigenvalue weighted by molar-refractivity contribution is 5.48. The summed E-state index contributed by atoms with van der Waals surface area (Å²) in [4.78, 5) is 13.6. The molecular weight excluding hydrogens is 298 g/mol. The lowest BCUT2D eigenvalue weighted by molar-refractivity contribution is 0.270. The first-order valence-electron chi connectivity index (χ1n) is 8.92. The van der Waals surface area contributed by atoms with Crippen LogP contribution in [0.2, 0.25) is 0 Å². The summed E-state index contributed by atoms with van der Waals surface area (Å²) in [5.41, 5.74) is 1.39. The number of likely N-dealkylation sites (N-methyl/N-ethyl adjacent to an activating group) is 1. The smallest absolute Gasteiger partial charge is 0.134 e. The van der Waals surface area contributed by atoms with E-state index in [2.05, 4.69) is 68.4 Å². The van der Waals surface area contributed by atoms with Gasteiger partial charge in [-0.3, -0.25) is 0 Å². The van der Waals surface area contributed by atoms with Crippen molar-refractivity contribution in [3.05, 3.63) is 48.3 Å². The highest BCUT2D eigenvalue weighted by Gasteiger charge is 2.17. The number of aryl methyl sites for hydroxylation is 1. The van der Waals surface area contributed by atoms with Crippen LogP contribution in [0.4, 0.5) is 11.6 Å². The van der Waals surface area contributed by atoms with Gasteiger partial charge in [-0.1, -0.05) is 37.3 Å². The van der Waals surface area contributed by atoms with Crippen molar-refractivity contribution in [3.63, 3.8) is 0 Å². The predicted octanol–water partition coefficient (Wildman–Crippen LogP) is 2.66. The van der Waals surface area contributed by atoms with E-state index >= 15 is 0 Å². The fraction of sp³-hybridized carbons (Fsp3) is 0.474. The Hall–Kier alpha value is -2.14. The molecular formula is C19H27N5. The predicted molar refractivity (Wildman–Crippen MR) is 99.6 cm³/mol. The number of hydrogen-bond acceptors (Lipinski definition) is 5. The minimum atomic E-state index is 0.922. The van der Waals surface area contributed by atoms with Crippen LogP contribution in [0.5, 0.6) is 0 Å². The lowest BCUT2D eigenvalue weighted by Gasteiger charge is -2.34. The van der Waals surface area contributed by atoms with Crippen LogP contribution in [0.1, 0.15) is 18.9 Å². The van der Waals surface area contributed by atoms with E-state index < -0.39 is 0 Å². The minimum Gasteiger partial charge on any atom is -0.370 e. The lowest BCUT2D eigenvalue weighted by atomic mass is 10.1. The van der Waals surface area contributed by atoms with Crippen molar-refractivity contribution >= 4 is 11.6 Å². The molecule has 2 aromatic rings. The molecule has 3 rings (SSSR count). The first-order valence-corrected chi connectivity index (χ1v) is 8.92. The molecule has 5 nitrogen and oxygen atoms in total. The Kier molecular flexibility index (Phi) is 6.01. The Morgan fingerprint density at radius 2 is 1.83 bits per heavy atom. The molecule has 0 amide bonds. The number of nitrogens with zero attached hydrogens (tertiary/aromatic N) is 4. The standard InChI is InChI=1S/C19H27N5/c1-2-23-11-13-24(14-12-23)19-15-18(21-16-22-19)20-10-6-9-17-7-4-3-5-8-17/h3-5,7-8,15-16H,2,6,9-14H2,1H3,(H,20,21,22). The Labute approximate surface area is 144 Å². The van der Waals surface area contributed by atoms with E-state index in [0.29, 0.717) is 0 Å². The van der Waals surface area contributed by atoms with Crippen LogP contribution in [0, 0.1) is 0 Å². The lowest BCUT2D eigenvalue weighted by Crippen LogP contribution is -2.46. The second kappa shape index (κ2) is 8.64. The summed E-state index contributed by atoms with van der Waals surface area (Å²) in [5.74, 6) is 1.96. The van der Waals surface area contributed by atoms with Crippen LogP contribution in [0.25, 0.3) is 0 Å². The zero-order valence-corrected chi connectivity index (χ0v) is 14.5. The first kappa shape index (κ1) is 16.7. The summed E-state index contributed by atoms with van der Waals surface area (Å²) in [5, 5.41) is 3.43. The van der Waals surface area contributed by atoms with Gasteiger partial charge in [0.2, 0.25) is 0 Å². The molecule has 1 aliphatic rings. The molecule has 128 valence electrons. The van der Waals surface area contributed by atoms with Gasteiger partial charge < -0.3 is 15.1 Å². The molecule has 1 N–H and O–H groups in total. The average Bonchev–Trinajstić information content (AvgIpc) is 2.66. The van der Waals surface area contributed by atoms with Gasteiger partial charge in [0.1, 0.15) is 18.0 Å². The number of piperazine rings is 1. The number of aromatic nitrogens is 2.